The lowest BCUT2D eigenvalue weighted by atomic mass is 10.2. The Morgan fingerprint density at radius 2 is 2.36 bits per heavy atom. The molecule has 0 bridgehead atoms. The van der Waals surface area contributed by atoms with Crippen LogP contribution in [0.2, 0.25) is 0 Å². The van der Waals surface area contributed by atoms with Crippen molar-refractivity contribution in [3.8, 4) is 0 Å². The van der Waals surface area contributed by atoms with Gasteiger partial charge in [-0.1, -0.05) is 18.3 Å². The number of hydrogen-bond donors (Lipinski definition) is 1. The van der Waals surface area contributed by atoms with Gasteiger partial charge < -0.3 is 10.6 Å². The van der Waals surface area contributed by atoms with Gasteiger partial charge in [0.25, 0.3) is 0 Å². The summed E-state index contributed by atoms with van der Waals surface area (Å²) in [6.07, 6.45) is 2.49. The van der Waals surface area contributed by atoms with Crippen LogP contribution in [0.4, 0.5) is 5.82 Å². The van der Waals surface area contributed by atoms with Crippen LogP contribution in [0.15, 0.2) is 24.4 Å². The van der Waals surface area contributed by atoms with Crippen molar-refractivity contribution in [1.29, 1.82) is 0 Å². The number of thiocarbonyl (C=S) groups is 1. The van der Waals surface area contributed by atoms with Crippen LogP contribution in [0, 0.1) is 0 Å². The maximum Gasteiger partial charge on any atom is 0.128 e. The summed E-state index contributed by atoms with van der Waals surface area (Å²) in [6.45, 7) is 2.08. The predicted molar refractivity (Wildman–Crippen MR) is 63.5 cm³/mol. The number of anilines is 1. The number of hydrogen-bond acceptors (Lipinski definition) is 3. The average Bonchev–Trinajstić information content (AvgIpc) is 2.17. The molecule has 1 unspecified atom stereocenters. The van der Waals surface area contributed by atoms with Crippen molar-refractivity contribution in [2.24, 2.45) is 5.73 Å². The van der Waals surface area contributed by atoms with E-state index in [1.54, 1.807) is 6.20 Å². The van der Waals surface area contributed by atoms with Gasteiger partial charge >= 0.3 is 0 Å². The Morgan fingerprint density at radius 3 is 2.86 bits per heavy atom. The largest absolute Gasteiger partial charge is 0.393 e. The summed E-state index contributed by atoms with van der Waals surface area (Å²) in [6, 6.07) is 6.11. The lowest BCUT2D eigenvalue weighted by Gasteiger charge is -2.25. The summed E-state index contributed by atoms with van der Waals surface area (Å²) in [5.74, 6) is 0.941. The minimum absolute atomic E-state index is 0.280. The summed E-state index contributed by atoms with van der Waals surface area (Å²) in [5, 5.41) is 0. The van der Waals surface area contributed by atoms with E-state index < -0.39 is 0 Å². The molecule has 0 radical (unpaired) electrons. The Kier molecular flexibility index (Phi) is 3.83. The third-order valence-electron chi connectivity index (χ3n) is 2.17. The van der Waals surface area contributed by atoms with Gasteiger partial charge in [-0.15, -0.1) is 0 Å². The van der Waals surface area contributed by atoms with Gasteiger partial charge in [0.15, 0.2) is 0 Å². The average molecular weight is 209 g/mol. The second-order valence-corrected chi connectivity index (χ2v) is 3.84. The molecule has 0 spiro atoms. The molecule has 0 aliphatic heterocycles. The fourth-order valence-corrected chi connectivity index (χ4v) is 1.46. The number of aromatic nitrogens is 1. The zero-order valence-corrected chi connectivity index (χ0v) is 9.29. The van der Waals surface area contributed by atoms with E-state index in [0.29, 0.717) is 11.4 Å². The SMILES string of the molecule is CC(CC(N)=S)N(C)c1ccccn1. The molecule has 1 atom stereocenters. The van der Waals surface area contributed by atoms with Gasteiger partial charge in [-0.25, -0.2) is 4.98 Å². The first kappa shape index (κ1) is 10.9. The molecule has 76 valence electrons. The molecule has 4 heteroatoms. The zero-order valence-electron chi connectivity index (χ0n) is 8.47. The molecule has 0 aliphatic rings. The Bertz CT molecular complexity index is 299. The number of pyridine rings is 1. The van der Waals surface area contributed by atoms with Crippen LogP contribution in [-0.4, -0.2) is 23.1 Å². The molecule has 0 amide bonds. The molecule has 1 aromatic heterocycles. The molecule has 0 fully saturated rings. The first-order valence-electron chi connectivity index (χ1n) is 4.53. The third kappa shape index (κ3) is 2.96. The van der Waals surface area contributed by atoms with E-state index in [0.717, 1.165) is 5.82 Å². The molecular formula is C10H15N3S. The second-order valence-electron chi connectivity index (χ2n) is 3.32. The molecule has 2 N–H and O–H groups in total. The van der Waals surface area contributed by atoms with Crippen LogP contribution < -0.4 is 10.6 Å². The van der Waals surface area contributed by atoms with Crippen molar-refractivity contribution in [3.05, 3.63) is 24.4 Å². The van der Waals surface area contributed by atoms with E-state index in [4.69, 9.17) is 18.0 Å². The van der Waals surface area contributed by atoms with E-state index in [1.807, 2.05) is 25.2 Å². The van der Waals surface area contributed by atoms with Gasteiger partial charge in [-0.05, 0) is 19.1 Å². The van der Waals surface area contributed by atoms with E-state index in [2.05, 4.69) is 16.8 Å². The summed E-state index contributed by atoms with van der Waals surface area (Å²) < 4.78 is 0. The highest BCUT2D eigenvalue weighted by Crippen LogP contribution is 2.12. The van der Waals surface area contributed by atoms with Gasteiger partial charge in [-0.2, -0.15) is 0 Å². The van der Waals surface area contributed by atoms with Crippen LogP contribution in [0.3, 0.4) is 0 Å². The summed E-state index contributed by atoms with van der Waals surface area (Å²) in [5.41, 5.74) is 5.49. The Hall–Kier alpha value is -1.16. The highest BCUT2D eigenvalue weighted by atomic mass is 32.1. The van der Waals surface area contributed by atoms with Gasteiger partial charge in [0, 0.05) is 25.7 Å². The maximum atomic E-state index is 5.49. The quantitative estimate of drug-likeness (QED) is 0.765. The normalized spacial score (nSPS) is 12.1. The van der Waals surface area contributed by atoms with E-state index in [1.165, 1.54) is 0 Å². The standard InChI is InChI=1S/C10H15N3S/c1-8(7-9(11)14)13(2)10-5-3-4-6-12-10/h3-6,8H,7H2,1-2H3,(H2,11,14). The predicted octanol–water partition coefficient (Wildman–Crippen LogP) is 1.58. The number of rotatable bonds is 4. The molecule has 1 aromatic rings. The topological polar surface area (TPSA) is 42.1 Å². The van der Waals surface area contributed by atoms with Gasteiger partial charge in [0.05, 0.1) is 4.99 Å². The third-order valence-corrected chi connectivity index (χ3v) is 2.34. The molecule has 3 nitrogen and oxygen atoms in total. The van der Waals surface area contributed by atoms with Gasteiger partial charge in [0.1, 0.15) is 5.82 Å². The van der Waals surface area contributed by atoms with E-state index in [9.17, 15) is 0 Å². The van der Waals surface area contributed by atoms with Crippen molar-refractivity contribution in [3.63, 3.8) is 0 Å². The Morgan fingerprint density at radius 1 is 1.64 bits per heavy atom. The molecule has 1 rings (SSSR count). The molecule has 0 aromatic carbocycles. The van der Waals surface area contributed by atoms with Crippen LogP contribution >= 0.6 is 12.2 Å². The van der Waals surface area contributed by atoms with Gasteiger partial charge in [0.2, 0.25) is 0 Å². The molecule has 0 saturated carbocycles. The fraction of sp³-hybridized carbons (Fsp3) is 0.400. The second kappa shape index (κ2) is 4.91. The van der Waals surface area contributed by atoms with Crippen molar-refractivity contribution in [2.75, 3.05) is 11.9 Å². The monoisotopic (exact) mass is 209 g/mol. The lowest BCUT2D eigenvalue weighted by molar-refractivity contribution is 0.705. The van der Waals surface area contributed by atoms with Crippen molar-refractivity contribution >= 4 is 23.0 Å². The summed E-state index contributed by atoms with van der Waals surface area (Å²) in [4.78, 5) is 6.86. The molecule has 14 heavy (non-hydrogen) atoms. The zero-order chi connectivity index (χ0) is 10.6. The van der Waals surface area contributed by atoms with Crippen LogP contribution in [0.5, 0.6) is 0 Å². The summed E-state index contributed by atoms with van der Waals surface area (Å²) >= 11 is 4.87. The van der Waals surface area contributed by atoms with Crippen LogP contribution in [0.25, 0.3) is 0 Å². The van der Waals surface area contributed by atoms with Crippen LogP contribution in [0.1, 0.15) is 13.3 Å². The Balaban J connectivity index is 2.65. The van der Waals surface area contributed by atoms with Crippen molar-refractivity contribution in [1.82, 2.24) is 4.98 Å². The van der Waals surface area contributed by atoms with Crippen molar-refractivity contribution < 1.29 is 0 Å². The minimum Gasteiger partial charge on any atom is -0.393 e. The number of nitrogens with zero attached hydrogens (tertiary/aromatic N) is 2. The lowest BCUT2D eigenvalue weighted by Crippen LogP contribution is -2.32. The molecule has 0 aliphatic carbocycles. The molecule has 1 heterocycles. The van der Waals surface area contributed by atoms with Crippen molar-refractivity contribution in [2.45, 2.75) is 19.4 Å². The van der Waals surface area contributed by atoms with E-state index in [-0.39, 0.29) is 6.04 Å². The smallest absolute Gasteiger partial charge is 0.128 e. The number of nitrogens with two attached hydrogens (primary N) is 1. The van der Waals surface area contributed by atoms with Gasteiger partial charge in [-0.3, -0.25) is 0 Å². The fourth-order valence-electron chi connectivity index (χ4n) is 1.22. The molecule has 0 saturated heterocycles. The summed E-state index contributed by atoms with van der Waals surface area (Å²) in [7, 11) is 1.99. The first-order valence-corrected chi connectivity index (χ1v) is 4.94. The highest BCUT2D eigenvalue weighted by Gasteiger charge is 2.11. The van der Waals surface area contributed by atoms with E-state index >= 15 is 0 Å². The first-order chi connectivity index (χ1) is 6.61. The Labute approximate surface area is 89.9 Å². The maximum absolute atomic E-state index is 5.49. The highest BCUT2D eigenvalue weighted by molar-refractivity contribution is 7.80. The molecular weight excluding hydrogens is 194 g/mol. The minimum atomic E-state index is 0.280. The van der Waals surface area contributed by atoms with Crippen LogP contribution in [-0.2, 0) is 0 Å².